The molecule has 1 amide bonds. The number of amides is 1. The number of aryl methyl sites for hydroxylation is 1. The fourth-order valence-corrected chi connectivity index (χ4v) is 13.7. The van der Waals surface area contributed by atoms with Crippen LogP contribution >= 0.6 is 31.3 Å². The zero-order valence-corrected chi connectivity index (χ0v) is 45.6. The standard InChI is InChI=1S/C37H52N16O24P4/c1-4-5-41-18(54)6-14-15(72-33(22(14)55)53-13-50(2)21-30(53)47-37(40)49-32(21)59)7-70-79(62,63)76-81(66,67)77-80(64,65)71-9-17-25(26(68-3)35(74-17)51-11-44-19-27(38)42-10-43-28(19)51)75-78(60,61)69-8-16-23(56)24(57)34(73-16)52-12-45-20-29(52)46-36(39)48-31(20)58/h10-17,22-26,33-35,55-57H,4-9H2,1-3H3,(H12-,38,39,40,41,42,43,46,47,48,49,54,58,59,60,61,62,63,64,65,66,67)/p+1/t14?,15-,16-,17-,22-,23-,24-,25-,26-,33?,34-,35-/m1/s1. The molecule has 0 bridgehead atoms. The predicted molar refractivity (Wildman–Crippen MR) is 264 cm³/mol. The summed E-state index contributed by atoms with van der Waals surface area (Å²) in [6.45, 7) is -1.31. The number of aromatic amines is 2. The van der Waals surface area contributed by atoms with E-state index in [1.165, 1.54) is 27.1 Å². The molecule has 44 heteroatoms. The molecule has 3 aliphatic heterocycles. The van der Waals surface area contributed by atoms with Gasteiger partial charge >= 0.3 is 36.9 Å². The molecule has 0 saturated carbocycles. The van der Waals surface area contributed by atoms with Gasteiger partial charge in [0.1, 0.15) is 54.6 Å². The Bertz CT molecular complexity index is 3660. The van der Waals surface area contributed by atoms with E-state index in [4.69, 9.17) is 54.2 Å². The van der Waals surface area contributed by atoms with Gasteiger partial charge in [0.15, 0.2) is 41.4 Å². The fourth-order valence-electron chi connectivity index (χ4n) is 9.18. The van der Waals surface area contributed by atoms with Gasteiger partial charge in [-0.2, -0.15) is 13.6 Å². The van der Waals surface area contributed by atoms with Crippen molar-refractivity contribution < 1.29 is 108 Å². The largest absolute Gasteiger partial charge is 0.490 e. The first-order valence-electron chi connectivity index (χ1n) is 23.7. The number of rotatable bonds is 23. The molecule has 6 aromatic heterocycles. The zero-order chi connectivity index (χ0) is 58.7. The Morgan fingerprint density at radius 3 is 2.02 bits per heavy atom. The molecule has 16 N–H and O–H groups in total. The molecular weight excluding hydrogens is 1180 g/mol. The van der Waals surface area contributed by atoms with Gasteiger partial charge in [-0.15, -0.1) is 0 Å². The second kappa shape index (κ2) is 23.2. The summed E-state index contributed by atoms with van der Waals surface area (Å²) in [7, 11) is -21.0. The second-order valence-electron chi connectivity index (χ2n) is 18.2. The molecule has 3 aliphatic rings. The number of nitrogens with one attached hydrogen (secondary N) is 3. The molecular formula is C37H53N16O24P4+. The van der Waals surface area contributed by atoms with Gasteiger partial charge in [0.05, 0.1) is 45.6 Å². The highest BCUT2D eigenvalue weighted by molar-refractivity contribution is 7.66. The Balaban J connectivity index is 0.878. The quantitative estimate of drug-likeness (QED) is 0.0218. The molecule has 6 unspecified atom stereocenters. The van der Waals surface area contributed by atoms with Gasteiger partial charge in [0, 0.05) is 26.0 Å². The average molecular weight is 1230 g/mol. The van der Waals surface area contributed by atoms with Gasteiger partial charge < -0.3 is 76.4 Å². The van der Waals surface area contributed by atoms with E-state index in [-0.39, 0.29) is 57.8 Å². The first kappa shape index (κ1) is 60.0. The number of phosphoric ester groups is 3. The average Bonchev–Trinajstić information content (AvgIpc) is 4.43. The smallest absolute Gasteiger partial charge is 0.387 e. The van der Waals surface area contributed by atoms with E-state index >= 15 is 0 Å². The lowest BCUT2D eigenvalue weighted by Gasteiger charge is -2.26. The topological polar surface area (TPSA) is 571 Å². The lowest BCUT2D eigenvalue weighted by atomic mass is 9.94. The molecule has 9 rings (SSSR count). The van der Waals surface area contributed by atoms with Crippen LogP contribution in [0.3, 0.4) is 0 Å². The van der Waals surface area contributed by atoms with E-state index in [0.29, 0.717) is 6.42 Å². The molecule has 444 valence electrons. The minimum Gasteiger partial charge on any atom is -0.387 e. The number of ether oxygens (including phenoxy) is 4. The number of aromatic nitrogens is 12. The molecule has 16 atom stereocenters. The highest BCUT2D eigenvalue weighted by atomic mass is 31.3. The highest BCUT2D eigenvalue weighted by Crippen LogP contribution is 2.68. The third-order valence-electron chi connectivity index (χ3n) is 12.7. The lowest BCUT2D eigenvalue weighted by Crippen LogP contribution is -2.45. The highest BCUT2D eigenvalue weighted by Gasteiger charge is 2.54. The van der Waals surface area contributed by atoms with E-state index < -0.39 is 148 Å². The van der Waals surface area contributed by atoms with Crippen molar-refractivity contribution in [2.24, 2.45) is 13.0 Å². The van der Waals surface area contributed by atoms with Crippen molar-refractivity contribution in [3.63, 3.8) is 0 Å². The Morgan fingerprint density at radius 2 is 1.35 bits per heavy atom. The van der Waals surface area contributed by atoms with Crippen molar-refractivity contribution in [3.8, 4) is 0 Å². The first-order valence-corrected chi connectivity index (χ1v) is 29.7. The number of carbonyl (C=O) groups excluding carboxylic acids is 1. The van der Waals surface area contributed by atoms with Crippen molar-refractivity contribution in [2.45, 2.75) is 87.3 Å². The normalized spacial score (nSPS) is 29.0. The van der Waals surface area contributed by atoms with E-state index in [1.807, 2.05) is 0 Å². The van der Waals surface area contributed by atoms with Crippen LogP contribution in [-0.4, -0.2) is 177 Å². The maximum absolute atomic E-state index is 13.8. The number of nitrogens with zero attached hydrogens (tertiary/aromatic N) is 10. The van der Waals surface area contributed by atoms with Crippen molar-refractivity contribution in [3.05, 3.63) is 46.0 Å². The summed E-state index contributed by atoms with van der Waals surface area (Å²) >= 11 is 0. The van der Waals surface area contributed by atoms with Crippen LogP contribution in [0.5, 0.6) is 0 Å². The molecule has 40 nitrogen and oxygen atoms in total. The number of fused-ring (bicyclic) bond motifs is 3. The summed E-state index contributed by atoms with van der Waals surface area (Å²) in [6, 6.07) is 0. The third-order valence-corrected chi connectivity index (χ3v) is 18.0. The number of carbonyl (C=O) groups is 1. The number of methoxy groups -OCH3 is 1. The molecule has 81 heavy (non-hydrogen) atoms. The number of aliphatic hydroxyl groups excluding tert-OH is 3. The van der Waals surface area contributed by atoms with Gasteiger partial charge in [-0.3, -0.25) is 56.1 Å². The Labute approximate surface area is 451 Å². The van der Waals surface area contributed by atoms with Crippen molar-refractivity contribution in [1.29, 1.82) is 0 Å². The summed E-state index contributed by atoms with van der Waals surface area (Å²) in [6.07, 6.45) is -13.4. The number of nitrogen functional groups attached to an aromatic ring is 3. The maximum Gasteiger partial charge on any atom is 0.490 e. The summed E-state index contributed by atoms with van der Waals surface area (Å²) in [5.74, 6) is -2.54. The Hall–Kier alpha value is -5.64. The van der Waals surface area contributed by atoms with Crippen LogP contribution in [-0.2, 0) is 75.8 Å². The van der Waals surface area contributed by atoms with Crippen LogP contribution in [0.4, 0.5) is 17.7 Å². The number of anilines is 3. The number of hydrogen-bond acceptors (Lipinski definition) is 29. The van der Waals surface area contributed by atoms with Crippen LogP contribution in [0.25, 0.3) is 33.5 Å². The zero-order valence-electron chi connectivity index (χ0n) is 42.0. The summed E-state index contributed by atoms with van der Waals surface area (Å²) in [5, 5.41) is 35.9. The van der Waals surface area contributed by atoms with Crippen molar-refractivity contribution in [2.75, 3.05) is 50.7 Å². The molecule has 6 aromatic rings. The van der Waals surface area contributed by atoms with E-state index in [2.05, 4.69) is 53.8 Å². The molecule has 3 saturated heterocycles. The number of hydrogen-bond donors (Lipinski definition) is 13. The lowest BCUT2D eigenvalue weighted by molar-refractivity contribution is -0.745. The van der Waals surface area contributed by atoms with E-state index in [0.717, 1.165) is 30.7 Å². The Kier molecular flexibility index (Phi) is 17.2. The SMILES string of the molecule is CCCNC(=O)CC1[C@@H](O)C([n+]2cn(C)c3c(=O)[nH]c(N)nc32)O[C@@H]1COP(=O)(O)OP(=O)(O)OP(=O)(O)OC[C@H]1O[C@@H](n2cnc3c(N)ncnc32)[C@H](OC)[C@@H]1OP(=O)(O)OC[C@H]1O[C@@H](n2cnc3c(=O)[nH]c(N)nc32)[C@H](O)[C@@H]1O. The van der Waals surface area contributed by atoms with Crippen LogP contribution in [0.1, 0.15) is 38.4 Å². The summed E-state index contributed by atoms with van der Waals surface area (Å²) < 4.78 is 111. The van der Waals surface area contributed by atoms with E-state index in [1.54, 1.807) is 6.92 Å². The molecule has 0 aromatic carbocycles. The number of aliphatic hydroxyl groups is 3. The number of imidazole rings is 3. The Morgan fingerprint density at radius 1 is 0.741 bits per heavy atom. The van der Waals surface area contributed by atoms with Gasteiger partial charge in [-0.1, -0.05) is 11.9 Å². The third kappa shape index (κ3) is 12.7. The monoisotopic (exact) mass is 1230 g/mol. The number of H-pyrrole nitrogens is 2. The molecule has 0 radical (unpaired) electrons. The molecule has 9 heterocycles. The maximum atomic E-state index is 13.8. The first-order chi connectivity index (χ1) is 38.1. The summed E-state index contributed by atoms with van der Waals surface area (Å²) in [5.41, 5.74) is 15.6. The van der Waals surface area contributed by atoms with Crippen LogP contribution in [0.15, 0.2) is 34.9 Å². The minimum absolute atomic E-state index is 0.00465. The number of phosphoric acid groups is 4. The van der Waals surface area contributed by atoms with Gasteiger partial charge in [-0.05, 0) is 6.42 Å². The van der Waals surface area contributed by atoms with E-state index in [9.17, 15) is 67.5 Å². The predicted octanol–water partition coefficient (Wildman–Crippen LogP) is -3.54. The number of nitrogens with two attached hydrogens (primary N) is 3. The van der Waals surface area contributed by atoms with Gasteiger partial charge in [-0.25, -0.2) is 42.8 Å². The van der Waals surface area contributed by atoms with Crippen molar-refractivity contribution in [1.82, 2.24) is 58.9 Å². The summed E-state index contributed by atoms with van der Waals surface area (Å²) in [4.78, 5) is 110. The molecule has 3 fully saturated rings. The van der Waals surface area contributed by atoms with Crippen molar-refractivity contribution >= 4 is 88.4 Å². The fraction of sp³-hybridized carbons (Fsp3) is 0.568. The van der Waals surface area contributed by atoms with Gasteiger partial charge in [0.2, 0.25) is 23.6 Å². The molecule has 0 aliphatic carbocycles. The van der Waals surface area contributed by atoms with Crippen LogP contribution in [0, 0.1) is 5.92 Å². The second-order valence-corrected chi connectivity index (χ2v) is 24.2. The van der Waals surface area contributed by atoms with Crippen LogP contribution in [0.2, 0.25) is 0 Å². The minimum atomic E-state index is -6.24. The van der Waals surface area contributed by atoms with Gasteiger partial charge in [0.25, 0.3) is 17.1 Å². The van der Waals surface area contributed by atoms with Crippen LogP contribution < -0.4 is 38.2 Å². The molecule has 0 spiro atoms.